The van der Waals surface area contributed by atoms with Gasteiger partial charge >= 0.3 is 5.97 Å². The summed E-state index contributed by atoms with van der Waals surface area (Å²) in [4.78, 5) is 26.3. The molecular formula is C23H26N2O3. The normalized spacial score (nSPS) is 14.3. The largest absolute Gasteiger partial charge is 0.463 e. The Morgan fingerprint density at radius 3 is 2.57 bits per heavy atom. The van der Waals surface area contributed by atoms with Crippen LogP contribution in [-0.2, 0) is 16.1 Å². The van der Waals surface area contributed by atoms with Crippen molar-refractivity contribution in [3.8, 4) is 0 Å². The second kappa shape index (κ2) is 9.85. The van der Waals surface area contributed by atoms with Crippen molar-refractivity contribution in [1.29, 1.82) is 0 Å². The maximum absolute atomic E-state index is 12.6. The Labute approximate surface area is 166 Å². The minimum atomic E-state index is -0.367. The molecule has 1 N–H and O–H groups in total. The zero-order chi connectivity index (χ0) is 19.8. The van der Waals surface area contributed by atoms with Crippen LogP contribution < -0.4 is 5.32 Å². The molecule has 0 saturated carbocycles. The highest BCUT2D eigenvalue weighted by molar-refractivity contribution is 6.04. The van der Waals surface area contributed by atoms with E-state index in [-0.39, 0.29) is 11.9 Å². The number of nitrogens with zero attached hydrogens (tertiary/aromatic N) is 1. The predicted octanol–water partition coefficient (Wildman–Crippen LogP) is 4.11. The Hall–Kier alpha value is -2.92. The van der Waals surface area contributed by atoms with E-state index in [1.807, 2.05) is 42.5 Å². The number of rotatable bonds is 7. The molecule has 5 heteroatoms. The molecule has 28 heavy (non-hydrogen) atoms. The number of benzene rings is 2. The first kappa shape index (κ1) is 19.8. The number of carbonyl (C=O) groups is 2. The molecule has 0 unspecified atom stereocenters. The van der Waals surface area contributed by atoms with Gasteiger partial charge in [-0.2, -0.15) is 0 Å². The van der Waals surface area contributed by atoms with Crippen LogP contribution in [0, 0.1) is 0 Å². The zero-order valence-electron chi connectivity index (χ0n) is 16.2. The van der Waals surface area contributed by atoms with Crippen LogP contribution in [-0.4, -0.2) is 36.5 Å². The van der Waals surface area contributed by atoms with Crippen LogP contribution >= 0.6 is 0 Å². The number of amides is 1. The number of hydrogen-bond donors (Lipinski definition) is 1. The van der Waals surface area contributed by atoms with Gasteiger partial charge in [-0.1, -0.05) is 24.3 Å². The van der Waals surface area contributed by atoms with Gasteiger partial charge < -0.3 is 10.1 Å². The Bertz CT molecular complexity index is 837. The van der Waals surface area contributed by atoms with Crippen LogP contribution in [0.5, 0.6) is 0 Å². The topological polar surface area (TPSA) is 58.6 Å². The van der Waals surface area contributed by atoms with Crippen LogP contribution in [0.25, 0.3) is 6.08 Å². The van der Waals surface area contributed by atoms with Crippen molar-refractivity contribution in [2.45, 2.75) is 26.3 Å². The van der Waals surface area contributed by atoms with Crippen LogP contribution in [0.2, 0.25) is 0 Å². The first-order valence-electron chi connectivity index (χ1n) is 9.71. The van der Waals surface area contributed by atoms with E-state index >= 15 is 0 Å². The molecule has 0 spiro atoms. The highest BCUT2D eigenvalue weighted by Crippen LogP contribution is 2.16. The van der Waals surface area contributed by atoms with Crippen LogP contribution in [0.15, 0.2) is 54.6 Å². The summed E-state index contributed by atoms with van der Waals surface area (Å²) in [6.07, 6.45) is 5.59. The van der Waals surface area contributed by atoms with E-state index in [0.29, 0.717) is 17.9 Å². The van der Waals surface area contributed by atoms with E-state index < -0.39 is 0 Å². The molecule has 2 aromatic carbocycles. The smallest absolute Gasteiger partial charge is 0.330 e. The summed E-state index contributed by atoms with van der Waals surface area (Å²) < 4.78 is 4.85. The molecule has 2 aromatic rings. The number of esters is 1. The van der Waals surface area contributed by atoms with E-state index in [1.54, 1.807) is 13.0 Å². The standard InChI is InChI=1S/C23H26N2O3/c1-2-28-22(26)13-10-18-8-11-21(12-9-18)24-23(27)20-7-5-6-19(16-20)17-25-14-3-4-15-25/h5-13,16H,2-4,14-15,17H2,1H3,(H,24,27). The molecule has 0 aromatic heterocycles. The second-order valence-corrected chi connectivity index (χ2v) is 6.85. The van der Waals surface area contributed by atoms with Crippen LogP contribution in [0.4, 0.5) is 5.69 Å². The van der Waals surface area contributed by atoms with Crippen molar-refractivity contribution >= 4 is 23.6 Å². The molecule has 3 rings (SSSR count). The molecule has 0 bridgehead atoms. The lowest BCUT2D eigenvalue weighted by Gasteiger charge is -2.15. The first-order valence-corrected chi connectivity index (χ1v) is 9.71. The number of likely N-dealkylation sites (tertiary alicyclic amines) is 1. The number of ether oxygens (including phenoxy) is 1. The third-order valence-corrected chi connectivity index (χ3v) is 4.66. The summed E-state index contributed by atoms with van der Waals surface area (Å²) in [5.41, 5.74) is 3.39. The fourth-order valence-electron chi connectivity index (χ4n) is 3.25. The lowest BCUT2D eigenvalue weighted by atomic mass is 10.1. The summed E-state index contributed by atoms with van der Waals surface area (Å²) >= 11 is 0. The lowest BCUT2D eigenvalue weighted by Crippen LogP contribution is -2.19. The van der Waals surface area contributed by atoms with E-state index in [2.05, 4.69) is 16.3 Å². The molecule has 1 fully saturated rings. The Morgan fingerprint density at radius 2 is 1.86 bits per heavy atom. The molecule has 1 heterocycles. The van der Waals surface area contributed by atoms with E-state index in [4.69, 9.17) is 4.74 Å². The number of hydrogen-bond acceptors (Lipinski definition) is 4. The summed E-state index contributed by atoms with van der Waals surface area (Å²) in [5.74, 6) is -0.494. The predicted molar refractivity (Wildman–Crippen MR) is 111 cm³/mol. The van der Waals surface area contributed by atoms with Crippen molar-refractivity contribution in [2.75, 3.05) is 25.0 Å². The van der Waals surface area contributed by atoms with Crippen LogP contribution in [0.1, 0.15) is 41.3 Å². The average molecular weight is 378 g/mol. The molecule has 146 valence electrons. The molecule has 0 aliphatic carbocycles. The Kier molecular flexibility index (Phi) is 6.98. The van der Waals surface area contributed by atoms with Gasteiger partial charge in [-0.25, -0.2) is 4.79 Å². The van der Waals surface area contributed by atoms with Gasteiger partial charge in [0.1, 0.15) is 0 Å². The fourth-order valence-corrected chi connectivity index (χ4v) is 3.25. The summed E-state index contributed by atoms with van der Waals surface area (Å²) in [6.45, 7) is 5.28. The van der Waals surface area contributed by atoms with Gasteiger partial charge in [0.15, 0.2) is 0 Å². The molecule has 0 radical (unpaired) electrons. The van der Waals surface area contributed by atoms with Crippen molar-refractivity contribution in [1.82, 2.24) is 4.90 Å². The maximum atomic E-state index is 12.6. The molecule has 5 nitrogen and oxygen atoms in total. The lowest BCUT2D eigenvalue weighted by molar-refractivity contribution is -0.137. The Morgan fingerprint density at radius 1 is 1.11 bits per heavy atom. The third kappa shape index (κ3) is 5.79. The zero-order valence-corrected chi connectivity index (χ0v) is 16.2. The molecular weight excluding hydrogens is 352 g/mol. The van der Waals surface area contributed by atoms with E-state index in [9.17, 15) is 9.59 Å². The quantitative estimate of drug-likeness (QED) is 0.582. The van der Waals surface area contributed by atoms with Gasteiger partial charge in [-0.3, -0.25) is 9.69 Å². The number of nitrogens with one attached hydrogen (secondary N) is 1. The van der Waals surface area contributed by atoms with Gasteiger partial charge in [0.05, 0.1) is 6.61 Å². The van der Waals surface area contributed by atoms with E-state index in [1.165, 1.54) is 18.9 Å². The van der Waals surface area contributed by atoms with E-state index in [0.717, 1.165) is 30.8 Å². The molecule has 1 aliphatic heterocycles. The monoisotopic (exact) mass is 378 g/mol. The van der Waals surface area contributed by atoms with Crippen molar-refractivity contribution < 1.29 is 14.3 Å². The highest BCUT2D eigenvalue weighted by Gasteiger charge is 2.13. The van der Waals surface area contributed by atoms with Gasteiger partial charge in [0.25, 0.3) is 5.91 Å². The Balaban J connectivity index is 1.59. The van der Waals surface area contributed by atoms with Crippen molar-refractivity contribution in [2.24, 2.45) is 0 Å². The maximum Gasteiger partial charge on any atom is 0.330 e. The van der Waals surface area contributed by atoms with Gasteiger partial charge in [-0.05, 0) is 74.3 Å². The summed E-state index contributed by atoms with van der Waals surface area (Å²) in [6, 6.07) is 15.1. The minimum Gasteiger partial charge on any atom is -0.463 e. The van der Waals surface area contributed by atoms with Crippen LogP contribution in [0.3, 0.4) is 0 Å². The summed E-state index contributed by atoms with van der Waals surface area (Å²) in [5, 5.41) is 2.92. The van der Waals surface area contributed by atoms with Gasteiger partial charge in [0, 0.05) is 23.9 Å². The van der Waals surface area contributed by atoms with Gasteiger partial charge in [0.2, 0.25) is 0 Å². The number of carbonyl (C=O) groups excluding carboxylic acids is 2. The van der Waals surface area contributed by atoms with Crippen molar-refractivity contribution in [3.05, 3.63) is 71.3 Å². The first-order chi connectivity index (χ1) is 13.6. The number of anilines is 1. The average Bonchev–Trinajstić information content (AvgIpc) is 3.21. The molecule has 0 atom stereocenters. The van der Waals surface area contributed by atoms with Gasteiger partial charge in [-0.15, -0.1) is 0 Å². The van der Waals surface area contributed by atoms with Crippen molar-refractivity contribution in [3.63, 3.8) is 0 Å². The SMILES string of the molecule is CCOC(=O)C=Cc1ccc(NC(=O)c2cccc(CN3CCCC3)c2)cc1. The second-order valence-electron chi connectivity index (χ2n) is 6.85. The molecule has 1 amide bonds. The molecule has 1 saturated heterocycles. The fraction of sp³-hybridized carbons (Fsp3) is 0.304. The minimum absolute atomic E-state index is 0.127. The highest BCUT2D eigenvalue weighted by atomic mass is 16.5. The third-order valence-electron chi connectivity index (χ3n) is 4.66. The molecule has 1 aliphatic rings. The summed E-state index contributed by atoms with van der Waals surface area (Å²) in [7, 11) is 0.